The molecule has 1 aliphatic carbocycles. The van der Waals surface area contributed by atoms with Crippen LogP contribution in [-0.4, -0.2) is 79.0 Å². The summed E-state index contributed by atoms with van der Waals surface area (Å²) in [5.41, 5.74) is 3.15. The van der Waals surface area contributed by atoms with Crippen LogP contribution in [0.4, 0.5) is 13.2 Å². The first-order chi connectivity index (χ1) is 13.3. The van der Waals surface area contributed by atoms with Crippen molar-refractivity contribution in [3.05, 3.63) is 35.4 Å². The minimum Gasteiger partial charge on any atom is -0.475 e. The number of carboxylic acid groups (broad SMARTS) is 1. The molecule has 3 rings (SSSR count). The molecule has 0 radical (unpaired) electrons. The minimum atomic E-state index is -5.08. The number of ether oxygens (including phenoxy) is 1. The maximum atomic E-state index is 10.6. The first-order valence-corrected chi connectivity index (χ1v) is 9.72. The van der Waals surface area contributed by atoms with E-state index in [1.807, 2.05) is 0 Å². The summed E-state index contributed by atoms with van der Waals surface area (Å²) in [6.07, 6.45) is -1.25. The number of carboxylic acids is 1. The fraction of sp³-hybridized carbons (Fsp3) is 0.650. The zero-order valence-corrected chi connectivity index (χ0v) is 16.2. The topological polar surface area (TPSA) is 53.0 Å². The summed E-state index contributed by atoms with van der Waals surface area (Å²) in [5, 5.41) is 7.12. The maximum absolute atomic E-state index is 10.6. The smallest absolute Gasteiger partial charge is 0.475 e. The molecule has 2 aliphatic rings. The van der Waals surface area contributed by atoms with Gasteiger partial charge >= 0.3 is 12.1 Å². The lowest BCUT2D eigenvalue weighted by Crippen LogP contribution is -2.52. The number of benzene rings is 1. The summed E-state index contributed by atoms with van der Waals surface area (Å²) in [4.78, 5) is 14.2. The number of rotatable bonds is 5. The standard InChI is InChI=1S/C18H28N2O.C2HF3O2/c1-2-21-14-13-19-9-11-20(12-10-19)18-8-7-16-5-3-4-6-17(16)15-18;3-2(4,5)1(6)7/h3-6,18H,2,7-15H2,1H3;(H,6,7). The second-order valence-corrected chi connectivity index (χ2v) is 7.04. The first kappa shape index (κ1) is 22.6. The van der Waals surface area contributed by atoms with Crippen LogP contribution in [0.3, 0.4) is 0 Å². The van der Waals surface area contributed by atoms with Gasteiger partial charge in [-0.15, -0.1) is 0 Å². The van der Waals surface area contributed by atoms with Crippen molar-refractivity contribution < 1.29 is 27.8 Å². The van der Waals surface area contributed by atoms with Gasteiger partial charge in [0.05, 0.1) is 6.61 Å². The summed E-state index contributed by atoms with van der Waals surface area (Å²) in [6.45, 7) is 9.72. The Bertz CT molecular complexity index is 617. The number of fused-ring (bicyclic) bond motifs is 1. The molecular weight excluding hydrogens is 373 g/mol. The Morgan fingerprint density at radius 1 is 1.18 bits per heavy atom. The van der Waals surface area contributed by atoms with Gasteiger partial charge in [0.25, 0.3) is 0 Å². The molecule has 0 amide bonds. The highest BCUT2D eigenvalue weighted by atomic mass is 19.4. The average molecular weight is 402 g/mol. The van der Waals surface area contributed by atoms with Crippen molar-refractivity contribution in [1.82, 2.24) is 9.80 Å². The van der Waals surface area contributed by atoms with E-state index in [-0.39, 0.29) is 0 Å². The molecule has 1 unspecified atom stereocenters. The van der Waals surface area contributed by atoms with Crippen LogP contribution in [0.2, 0.25) is 0 Å². The first-order valence-electron chi connectivity index (χ1n) is 9.72. The van der Waals surface area contributed by atoms with Crippen LogP contribution in [0.15, 0.2) is 24.3 Å². The van der Waals surface area contributed by atoms with Crippen LogP contribution in [-0.2, 0) is 22.4 Å². The molecule has 0 spiro atoms. The van der Waals surface area contributed by atoms with E-state index in [0.29, 0.717) is 0 Å². The van der Waals surface area contributed by atoms with Gasteiger partial charge in [-0.3, -0.25) is 9.80 Å². The van der Waals surface area contributed by atoms with E-state index < -0.39 is 12.1 Å². The Labute approximate surface area is 164 Å². The van der Waals surface area contributed by atoms with E-state index in [9.17, 15) is 13.2 Å². The van der Waals surface area contributed by atoms with Gasteiger partial charge in [0.2, 0.25) is 0 Å². The molecule has 0 bridgehead atoms. The number of piperazine rings is 1. The van der Waals surface area contributed by atoms with Crippen LogP contribution in [0, 0.1) is 0 Å². The molecule has 1 aliphatic heterocycles. The van der Waals surface area contributed by atoms with E-state index in [0.717, 1.165) is 25.8 Å². The Kier molecular flexibility index (Phi) is 8.72. The van der Waals surface area contributed by atoms with Crippen molar-refractivity contribution in [2.24, 2.45) is 0 Å². The van der Waals surface area contributed by atoms with Gasteiger partial charge in [-0.2, -0.15) is 13.2 Å². The summed E-state index contributed by atoms with van der Waals surface area (Å²) >= 11 is 0. The zero-order chi connectivity index (χ0) is 20.6. The monoisotopic (exact) mass is 402 g/mol. The zero-order valence-electron chi connectivity index (χ0n) is 16.2. The molecule has 1 N–H and O–H groups in total. The van der Waals surface area contributed by atoms with Gasteiger partial charge in [0.15, 0.2) is 0 Å². The molecule has 1 heterocycles. The molecule has 0 saturated carbocycles. The highest BCUT2D eigenvalue weighted by molar-refractivity contribution is 5.73. The van der Waals surface area contributed by atoms with Gasteiger partial charge in [0.1, 0.15) is 0 Å². The molecule has 158 valence electrons. The fourth-order valence-electron chi connectivity index (χ4n) is 3.68. The average Bonchev–Trinajstić information content (AvgIpc) is 2.68. The Hall–Kier alpha value is -1.64. The van der Waals surface area contributed by atoms with Crippen molar-refractivity contribution in [3.8, 4) is 0 Å². The third-order valence-electron chi connectivity index (χ3n) is 5.24. The van der Waals surface area contributed by atoms with Crippen molar-refractivity contribution >= 4 is 5.97 Å². The summed E-state index contributed by atoms with van der Waals surface area (Å²) in [5.74, 6) is -2.76. The molecule has 1 aromatic rings. The van der Waals surface area contributed by atoms with Crippen LogP contribution in [0.1, 0.15) is 24.5 Å². The molecule has 8 heteroatoms. The number of aliphatic carboxylic acids is 1. The normalized spacial score (nSPS) is 20.8. The molecule has 1 fully saturated rings. The predicted molar refractivity (Wildman–Crippen MR) is 100 cm³/mol. The highest BCUT2D eigenvalue weighted by Crippen LogP contribution is 2.25. The van der Waals surface area contributed by atoms with E-state index in [4.69, 9.17) is 14.6 Å². The van der Waals surface area contributed by atoms with Gasteiger partial charge in [-0.1, -0.05) is 24.3 Å². The Morgan fingerprint density at radius 2 is 1.79 bits per heavy atom. The molecule has 0 aromatic heterocycles. The maximum Gasteiger partial charge on any atom is 0.490 e. The van der Waals surface area contributed by atoms with Gasteiger partial charge < -0.3 is 9.84 Å². The highest BCUT2D eigenvalue weighted by Gasteiger charge is 2.38. The molecule has 1 atom stereocenters. The van der Waals surface area contributed by atoms with Crippen LogP contribution < -0.4 is 0 Å². The molecule has 1 saturated heterocycles. The number of halogens is 3. The SMILES string of the molecule is CCOCCN1CCN(C2CCc3ccccc3C2)CC1.O=C(O)C(F)(F)F. The quantitative estimate of drug-likeness (QED) is 0.768. The van der Waals surface area contributed by atoms with Crippen molar-refractivity contribution in [2.45, 2.75) is 38.4 Å². The van der Waals surface area contributed by atoms with Gasteiger partial charge in [-0.25, -0.2) is 4.79 Å². The van der Waals surface area contributed by atoms with E-state index in [1.165, 1.54) is 45.4 Å². The van der Waals surface area contributed by atoms with E-state index in [1.54, 1.807) is 11.1 Å². The van der Waals surface area contributed by atoms with E-state index >= 15 is 0 Å². The van der Waals surface area contributed by atoms with E-state index in [2.05, 4.69) is 41.0 Å². The Morgan fingerprint density at radius 3 is 2.36 bits per heavy atom. The van der Waals surface area contributed by atoms with Gasteiger partial charge in [-0.05, 0) is 37.3 Å². The second-order valence-electron chi connectivity index (χ2n) is 7.04. The molecular formula is C20H29F3N2O3. The lowest BCUT2D eigenvalue weighted by Gasteiger charge is -2.41. The lowest BCUT2D eigenvalue weighted by molar-refractivity contribution is -0.192. The number of hydrogen-bond acceptors (Lipinski definition) is 4. The molecule has 5 nitrogen and oxygen atoms in total. The van der Waals surface area contributed by atoms with Crippen molar-refractivity contribution in [2.75, 3.05) is 45.9 Å². The lowest BCUT2D eigenvalue weighted by atomic mass is 9.87. The van der Waals surface area contributed by atoms with Crippen LogP contribution in [0.25, 0.3) is 0 Å². The van der Waals surface area contributed by atoms with Crippen LogP contribution >= 0.6 is 0 Å². The third-order valence-corrected chi connectivity index (χ3v) is 5.24. The van der Waals surface area contributed by atoms with Gasteiger partial charge in [0, 0.05) is 45.4 Å². The summed E-state index contributed by atoms with van der Waals surface area (Å²) in [7, 11) is 0. The number of hydrogen-bond donors (Lipinski definition) is 1. The Balaban J connectivity index is 0.000000345. The second kappa shape index (κ2) is 10.8. The number of carbonyl (C=O) groups is 1. The van der Waals surface area contributed by atoms with Crippen molar-refractivity contribution in [3.63, 3.8) is 0 Å². The summed E-state index contributed by atoms with van der Waals surface area (Å²) in [6, 6.07) is 9.74. The van der Waals surface area contributed by atoms with Crippen molar-refractivity contribution in [1.29, 1.82) is 0 Å². The number of alkyl halides is 3. The molecule has 1 aromatic carbocycles. The minimum absolute atomic E-state index is 0.758. The number of aryl methyl sites for hydroxylation is 1. The third kappa shape index (κ3) is 7.07. The largest absolute Gasteiger partial charge is 0.490 e. The summed E-state index contributed by atoms with van der Waals surface area (Å²) < 4.78 is 37.2. The molecule has 28 heavy (non-hydrogen) atoms. The fourth-order valence-corrected chi connectivity index (χ4v) is 3.68. The van der Waals surface area contributed by atoms with Crippen LogP contribution in [0.5, 0.6) is 0 Å². The number of nitrogens with zero attached hydrogens (tertiary/aromatic N) is 2. The predicted octanol–water partition coefficient (Wildman–Crippen LogP) is 2.83.